The van der Waals surface area contributed by atoms with Crippen molar-refractivity contribution in [2.24, 2.45) is 0 Å². The highest BCUT2D eigenvalue weighted by Gasteiger charge is 2.35. The van der Waals surface area contributed by atoms with Gasteiger partial charge in [-0.15, -0.1) is 0 Å². The van der Waals surface area contributed by atoms with Crippen molar-refractivity contribution in [3.8, 4) is 11.5 Å². The number of esters is 2. The molecule has 3 saturated heterocycles. The van der Waals surface area contributed by atoms with Crippen LogP contribution in [0, 0.1) is 10.8 Å². The minimum atomic E-state index is -3.62. The summed E-state index contributed by atoms with van der Waals surface area (Å²) in [6.45, 7) is 4.86. The lowest BCUT2D eigenvalue weighted by Gasteiger charge is -2.34. The number of ether oxygens (including phenoxy) is 4. The second-order valence-electron chi connectivity index (χ2n) is 16.8. The van der Waals surface area contributed by atoms with Crippen molar-refractivity contribution in [3.63, 3.8) is 0 Å². The van der Waals surface area contributed by atoms with E-state index in [-0.39, 0.29) is 54.9 Å². The highest BCUT2D eigenvalue weighted by molar-refractivity contribution is 7.86. The van der Waals surface area contributed by atoms with E-state index in [9.17, 15) is 37.2 Å². The molecule has 5 aromatic carbocycles. The van der Waals surface area contributed by atoms with Crippen LogP contribution in [0.4, 0.5) is 21.0 Å². The number of amides is 4. The summed E-state index contributed by atoms with van der Waals surface area (Å²) in [5.74, 6) is -1.42. The van der Waals surface area contributed by atoms with Gasteiger partial charge in [-0.1, -0.05) is 48.5 Å². The third-order valence-corrected chi connectivity index (χ3v) is 11.9. The van der Waals surface area contributed by atoms with Crippen molar-refractivity contribution >= 4 is 69.1 Å². The van der Waals surface area contributed by atoms with Gasteiger partial charge in [0.15, 0.2) is 11.5 Å². The first-order valence-electron chi connectivity index (χ1n) is 22.8. The number of amidine groups is 2. The number of anilines is 2. The molecular weight excluding hydrogens is 965 g/mol. The Labute approximate surface area is 420 Å². The van der Waals surface area contributed by atoms with Crippen LogP contribution in [0.1, 0.15) is 38.8 Å². The molecule has 0 bridgehead atoms. The van der Waals surface area contributed by atoms with Crippen LogP contribution in [0.15, 0.2) is 133 Å². The Morgan fingerprint density at radius 3 is 1.48 bits per heavy atom. The third kappa shape index (κ3) is 15.1. The van der Waals surface area contributed by atoms with Gasteiger partial charge in [0.2, 0.25) is 0 Å². The zero-order chi connectivity index (χ0) is 52.1. The molecule has 0 aliphatic carbocycles. The maximum absolute atomic E-state index is 12.7. The zero-order valence-electron chi connectivity index (χ0n) is 39.7. The molecule has 4 N–H and O–H groups in total. The SMILES string of the molecule is CC(=O)Oc1ccccc1OC(=O)CN1CCN(CC2CN(c3ccc(C(=N)NC(=O)c4ccccc4)cc3)C(=O)O2)CC1.CS(=O)(=O)OCC1CN(c2ccc(C(=N)NC(=O)c3ccccc3)cc2)C(=O)O1. The molecule has 5 aromatic rings. The molecule has 0 saturated carbocycles. The van der Waals surface area contributed by atoms with E-state index in [1.807, 2.05) is 11.0 Å². The lowest BCUT2D eigenvalue weighted by Crippen LogP contribution is -2.50. The van der Waals surface area contributed by atoms with Gasteiger partial charge in [-0.3, -0.25) is 53.8 Å². The van der Waals surface area contributed by atoms with Gasteiger partial charge >= 0.3 is 24.1 Å². The topological polar surface area (TPSA) is 267 Å². The number of rotatable bonds is 15. The van der Waals surface area contributed by atoms with E-state index in [0.717, 1.165) is 6.26 Å². The standard InChI is InChI=1S/C32H33N5O7.C19H19N3O6S/c1-22(38)42-27-9-5-6-10-28(27)44-29(39)21-36-17-15-35(16-18-36)19-26-20-37(32(41)43-26)25-13-11-23(12-14-25)30(33)34-31(40)24-7-3-2-4-8-24;1-29(25,26)27-12-16-11-22(19(24)28-16)15-9-7-13(8-10-15)17(20)21-18(23)14-5-3-2-4-6-14/h2-14,26H,15-21H2,1H3,(H2,33,34,40);2-10,16H,11-12H2,1H3,(H2,20,21,23). The number of benzene rings is 5. The summed E-state index contributed by atoms with van der Waals surface area (Å²) in [5.41, 5.74) is 3.03. The van der Waals surface area contributed by atoms with Gasteiger partial charge in [-0.25, -0.2) is 9.59 Å². The fourth-order valence-corrected chi connectivity index (χ4v) is 8.09. The van der Waals surface area contributed by atoms with Crippen molar-refractivity contribution in [3.05, 3.63) is 156 Å². The molecule has 8 rings (SSSR count). The van der Waals surface area contributed by atoms with Gasteiger partial charge in [0, 0.05) is 73.3 Å². The Morgan fingerprint density at radius 1 is 0.589 bits per heavy atom. The van der Waals surface area contributed by atoms with Crippen molar-refractivity contribution in [2.45, 2.75) is 19.1 Å². The quantitative estimate of drug-likeness (QED) is 0.0365. The van der Waals surface area contributed by atoms with Crippen molar-refractivity contribution in [1.82, 2.24) is 20.4 Å². The van der Waals surface area contributed by atoms with Gasteiger partial charge in [0.1, 0.15) is 30.5 Å². The highest BCUT2D eigenvalue weighted by Crippen LogP contribution is 2.28. The largest absolute Gasteiger partial charge is 0.443 e. The van der Waals surface area contributed by atoms with Crippen molar-refractivity contribution in [1.29, 1.82) is 10.8 Å². The molecule has 21 nitrogen and oxygen atoms in total. The molecule has 0 radical (unpaired) electrons. The molecule has 380 valence electrons. The average molecular weight is 1020 g/mol. The van der Waals surface area contributed by atoms with Crippen LogP contribution < -0.4 is 29.9 Å². The molecule has 3 fully saturated rings. The number of hydrogen-bond donors (Lipinski definition) is 4. The fraction of sp³-hybridized carbons (Fsp3) is 0.255. The van der Waals surface area contributed by atoms with Crippen LogP contribution >= 0.6 is 0 Å². The van der Waals surface area contributed by atoms with Gasteiger partial charge in [0.25, 0.3) is 21.9 Å². The van der Waals surface area contributed by atoms with Crippen molar-refractivity contribution < 1.29 is 60.3 Å². The number of carbonyl (C=O) groups excluding carboxylic acids is 6. The van der Waals surface area contributed by atoms with Gasteiger partial charge in [0.05, 0.1) is 25.9 Å². The minimum absolute atomic E-state index is 0.0357. The molecule has 3 aliphatic rings. The molecule has 0 spiro atoms. The normalized spacial score (nSPS) is 16.8. The summed E-state index contributed by atoms with van der Waals surface area (Å²) in [4.78, 5) is 80.1. The molecule has 22 heteroatoms. The molecule has 2 unspecified atom stereocenters. The summed E-state index contributed by atoms with van der Waals surface area (Å²) in [6.07, 6.45) is -1.16. The number of para-hydroxylation sites is 2. The third-order valence-electron chi connectivity index (χ3n) is 11.3. The predicted molar refractivity (Wildman–Crippen MR) is 267 cm³/mol. The Kier molecular flexibility index (Phi) is 17.4. The molecule has 2 atom stereocenters. The molecule has 73 heavy (non-hydrogen) atoms. The summed E-state index contributed by atoms with van der Waals surface area (Å²) in [6, 6.07) is 37.0. The van der Waals surface area contributed by atoms with Crippen LogP contribution in [0.25, 0.3) is 0 Å². The number of carbonyl (C=O) groups is 6. The second-order valence-corrected chi connectivity index (χ2v) is 18.4. The Balaban J connectivity index is 0.000000233. The van der Waals surface area contributed by atoms with Crippen molar-refractivity contribution in [2.75, 3.05) is 75.0 Å². The molecule has 3 heterocycles. The number of piperazine rings is 1. The molecule has 0 aromatic heterocycles. The summed E-state index contributed by atoms with van der Waals surface area (Å²) >= 11 is 0. The first-order valence-corrected chi connectivity index (χ1v) is 24.6. The highest BCUT2D eigenvalue weighted by atomic mass is 32.2. The fourth-order valence-electron chi connectivity index (χ4n) is 7.69. The Bertz CT molecular complexity index is 2940. The summed E-state index contributed by atoms with van der Waals surface area (Å²) < 4.78 is 48.1. The second kappa shape index (κ2) is 24.2. The summed E-state index contributed by atoms with van der Waals surface area (Å²) in [5, 5.41) is 21.4. The number of nitrogens with one attached hydrogen (secondary N) is 4. The first-order chi connectivity index (χ1) is 35.0. The van der Waals surface area contributed by atoms with Crippen LogP contribution in [0.5, 0.6) is 11.5 Å². The van der Waals surface area contributed by atoms with Crippen LogP contribution in [-0.4, -0.2) is 143 Å². The molecule has 3 aliphatic heterocycles. The smallest absolute Gasteiger partial charge is 0.414 e. The van der Waals surface area contributed by atoms with Crippen LogP contribution in [-0.2, 0) is 33.4 Å². The lowest BCUT2D eigenvalue weighted by atomic mass is 10.1. The first kappa shape index (κ1) is 52.5. The maximum Gasteiger partial charge on any atom is 0.414 e. The van der Waals surface area contributed by atoms with E-state index in [1.165, 1.54) is 11.8 Å². The minimum Gasteiger partial charge on any atom is -0.443 e. The summed E-state index contributed by atoms with van der Waals surface area (Å²) in [7, 11) is -3.62. The van der Waals surface area contributed by atoms with E-state index in [2.05, 4.69) is 19.7 Å². The van der Waals surface area contributed by atoms with Gasteiger partial charge in [-0.05, 0) is 84.9 Å². The van der Waals surface area contributed by atoms with Crippen LogP contribution in [0.3, 0.4) is 0 Å². The number of nitrogens with zero attached hydrogens (tertiary/aromatic N) is 4. The number of hydrogen-bond acceptors (Lipinski definition) is 17. The zero-order valence-corrected chi connectivity index (χ0v) is 40.5. The molecule has 4 amide bonds. The number of cyclic esters (lactones) is 2. The predicted octanol–water partition coefficient (Wildman–Crippen LogP) is 4.66. The van der Waals surface area contributed by atoms with E-state index < -0.39 is 46.3 Å². The van der Waals surface area contributed by atoms with Gasteiger partial charge in [-0.2, -0.15) is 8.42 Å². The Hall–Kier alpha value is -8.31. The van der Waals surface area contributed by atoms with E-state index in [4.69, 9.17) is 29.8 Å². The van der Waals surface area contributed by atoms with Gasteiger partial charge < -0.3 is 29.6 Å². The van der Waals surface area contributed by atoms with E-state index in [0.29, 0.717) is 72.9 Å². The van der Waals surface area contributed by atoms with Crippen LogP contribution in [0.2, 0.25) is 0 Å². The van der Waals surface area contributed by atoms with E-state index in [1.54, 1.807) is 132 Å². The lowest BCUT2D eigenvalue weighted by molar-refractivity contribution is -0.137. The molecular formula is C51H52N8O13S. The average Bonchev–Trinajstić information content (AvgIpc) is 3.95. The maximum atomic E-state index is 12.7. The monoisotopic (exact) mass is 1020 g/mol. The van der Waals surface area contributed by atoms with E-state index >= 15 is 0 Å². The Morgan fingerprint density at radius 2 is 1.01 bits per heavy atom.